The van der Waals surface area contributed by atoms with Crippen molar-refractivity contribution in [2.45, 2.75) is 160 Å². The number of rotatable bonds is 32. The Bertz CT molecular complexity index is 2300. The second kappa shape index (κ2) is 28.4. The van der Waals surface area contributed by atoms with Crippen LogP contribution in [-0.2, 0) is 65.0 Å². The Hall–Kier alpha value is -2.93. The topological polar surface area (TPSA) is 451 Å². The Labute approximate surface area is 424 Å². The number of nitrogens with zero attached hydrogens (tertiary/aromatic N) is 4. The van der Waals surface area contributed by atoms with E-state index in [1.54, 1.807) is 6.92 Å². The van der Waals surface area contributed by atoms with E-state index < -0.39 is 109 Å². The van der Waals surface area contributed by atoms with E-state index in [-0.39, 0.29) is 78.5 Å². The monoisotopic (exact) mass is 1120 g/mol. The normalized spacial score (nSPS) is 25.2. The van der Waals surface area contributed by atoms with Crippen molar-refractivity contribution in [1.29, 1.82) is 0 Å². The zero-order valence-electron chi connectivity index (χ0n) is 40.5. The van der Waals surface area contributed by atoms with Crippen molar-refractivity contribution in [3.05, 3.63) is 12.7 Å². The fourth-order valence-corrected chi connectivity index (χ4v) is 10.8. The van der Waals surface area contributed by atoms with Crippen LogP contribution in [0.1, 0.15) is 105 Å². The molecule has 8 N–H and O–H groups in total. The highest BCUT2D eigenvalue weighted by Crippen LogP contribution is 2.56. The van der Waals surface area contributed by atoms with Crippen molar-refractivity contribution in [3.63, 3.8) is 0 Å². The van der Waals surface area contributed by atoms with Crippen molar-refractivity contribution in [2.24, 2.45) is 5.41 Å². The number of hydrogen-bond acceptors (Lipinski definition) is 27. The second-order valence-corrected chi connectivity index (χ2v) is 23.3. The predicted octanol–water partition coefficient (Wildman–Crippen LogP) is -1.52. The predicted molar refractivity (Wildman–Crippen MR) is 246 cm³/mol. The molecule has 2 aromatic heterocycles. The van der Waals surface area contributed by atoms with Gasteiger partial charge in [-0.05, 0) is 26.7 Å². The lowest BCUT2D eigenvalue weighted by Crippen LogP contribution is -2.48. The van der Waals surface area contributed by atoms with Crippen molar-refractivity contribution in [1.82, 2.24) is 30.2 Å². The summed E-state index contributed by atoms with van der Waals surface area (Å²) in [5.74, 6) is -1.66. The van der Waals surface area contributed by atoms with Crippen LogP contribution in [0.2, 0.25) is 0 Å². The third kappa shape index (κ3) is 20.9. The van der Waals surface area contributed by atoms with Crippen LogP contribution in [-0.4, -0.2) is 150 Å². The number of phosphoric ester groups is 3. The minimum atomic E-state index is -5.95. The first-order valence-electron chi connectivity index (χ1n) is 23.2. The summed E-state index contributed by atoms with van der Waals surface area (Å²) in [7, 11) is -17.7. The molecule has 29 nitrogen and oxygen atoms in total. The average Bonchev–Trinajstić information content (AvgIpc) is 3.85. The largest absolute Gasteiger partial charge is 0.790 e. The molecule has 4 rings (SSSR count). The van der Waals surface area contributed by atoms with Gasteiger partial charge >= 0.3 is 0 Å². The van der Waals surface area contributed by atoms with Crippen LogP contribution in [0.15, 0.2) is 12.7 Å². The molecule has 2 aromatic rings. The van der Waals surface area contributed by atoms with E-state index >= 15 is 0 Å². The highest BCUT2D eigenvalue weighted by Gasteiger charge is 2.47. The van der Waals surface area contributed by atoms with Gasteiger partial charge in [-0.15, -0.1) is 0 Å². The Morgan fingerprint density at radius 1 is 0.932 bits per heavy atom. The zero-order valence-corrected chi connectivity index (χ0v) is 44.0. The molecule has 4 heterocycles. The van der Waals surface area contributed by atoms with Gasteiger partial charge in [-0.1, -0.05) is 57.7 Å². The zero-order chi connectivity index (χ0) is 54.3. The number of nitrogen functional groups attached to an aromatic ring is 1. The van der Waals surface area contributed by atoms with Gasteiger partial charge in [0, 0.05) is 43.5 Å². The van der Waals surface area contributed by atoms with E-state index in [0.29, 0.717) is 6.42 Å². The third-order valence-corrected chi connectivity index (χ3v) is 15.3. The van der Waals surface area contributed by atoms with E-state index in [1.807, 2.05) is 6.92 Å². The SMILES string of the molecule is C[C@H](CCCCCCCCC(=O)CC(=O)SCCNC(=O)CCNC(=O)[C@H](O)C(C)(C)COP(=O)([O-])OP(=O)([O-])OC[C@H]1O[C@@H](n2cnc3c(N)ncnc32)[C@H](O)[C@@H]1OP(=O)([O-])[O-])O[C@@H]1O[C@@H](C)[C@H](O)C[C@H]1O. The quantitative estimate of drug-likeness (QED) is 0.0248. The standard InChI is InChI=1S/C40H68N7O22P3S/c1-23(65-39-27(50)18-26(49)24(2)66-39)11-9-7-5-6-8-10-12-25(48)17-30(52)73-16-15-42-29(51)13-14-43-37(55)34(54)40(3,4)20-64-72(61,62)69-71(59,60)63-19-28-33(68-70(56,57)58)32(53)38(67-28)47-22-46-31-35(41)44-21-45-36(31)47/h21-24,26-28,32-34,38-39,49-50,53-54H,5-20H2,1-4H3,(H,42,51)(H,43,55)(H,59,60)(H,61,62)(H2,41,44,45)(H2,56,57,58)/p-4/t23-,24+,26-,27-,28-,32-,33-,34+,38-,39-/m1/s1. The van der Waals surface area contributed by atoms with Crippen LogP contribution in [0.3, 0.4) is 0 Å². The number of thioether (sulfide) groups is 1. The van der Waals surface area contributed by atoms with Gasteiger partial charge in [0.15, 0.2) is 29.1 Å². The molecule has 12 atom stereocenters. The third-order valence-electron chi connectivity index (χ3n) is 11.5. The molecular formula is C40H64N7O22P3S-4. The molecule has 0 saturated carbocycles. The number of aliphatic hydroxyl groups is 4. The van der Waals surface area contributed by atoms with Crippen LogP contribution >= 0.6 is 35.2 Å². The van der Waals surface area contributed by atoms with Gasteiger partial charge in [0.05, 0.1) is 52.1 Å². The number of Topliss-reactive ketones (excluding diaryl/α,β-unsaturated/α-hetero) is 1. The fraction of sp³-hybridized carbons (Fsp3) is 0.775. The van der Waals surface area contributed by atoms with Gasteiger partial charge in [0.25, 0.3) is 15.6 Å². The molecule has 2 amide bonds. The van der Waals surface area contributed by atoms with E-state index in [4.69, 9.17) is 19.9 Å². The molecule has 33 heteroatoms. The number of aromatic nitrogens is 4. The first-order chi connectivity index (χ1) is 34.1. The number of nitrogens with one attached hydrogen (secondary N) is 2. The van der Waals surface area contributed by atoms with Gasteiger partial charge in [0.2, 0.25) is 11.8 Å². The number of carbonyl (C=O) groups is 4. The van der Waals surface area contributed by atoms with E-state index in [1.165, 1.54) is 13.8 Å². The lowest BCUT2D eigenvalue weighted by molar-refractivity contribution is -0.347. The minimum absolute atomic E-state index is 0.0318. The molecule has 0 radical (unpaired) electrons. The van der Waals surface area contributed by atoms with Crippen molar-refractivity contribution in [3.8, 4) is 0 Å². The molecule has 73 heavy (non-hydrogen) atoms. The number of unbranched alkanes of at least 4 members (excludes halogenated alkanes) is 5. The van der Waals surface area contributed by atoms with Crippen LogP contribution in [0.5, 0.6) is 0 Å². The number of imidazole rings is 1. The summed E-state index contributed by atoms with van der Waals surface area (Å²) in [4.78, 5) is 109. The number of aliphatic hydroxyl groups excluding tert-OH is 4. The Kier molecular flexibility index (Phi) is 24.4. The smallest absolute Gasteiger partial charge is 0.274 e. The Morgan fingerprint density at radius 3 is 2.30 bits per heavy atom. The van der Waals surface area contributed by atoms with Crippen LogP contribution in [0, 0.1) is 5.41 Å². The molecule has 0 aromatic carbocycles. The number of carbonyl (C=O) groups excluding carboxylic acids is 4. The number of amides is 2. The van der Waals surface area contributed by atoms with Crippen molar-refractivity contribution >= 4 is 74.9 Å². The minimum Gasteiger partial charge on any atom is -0.790 e. The lowest BCUT2D eigenvalue weighted by atomic mass is 9.87. The van der Waals surface area contributed by atoms with Gasteiger partial charge in [0.1, 0.15) is 48.1 Å². The molecule has 2 aliphatic heterocycles. The summed E-state index contributed by atoms with van der Waals surface area (Å²) in [5, 5.41) is 45.9. The van der Waals surface area contributed by atoms with Gasteiger partial charge in [-0.25, -0.2) is 19.3 Å². The molecule has 2 aliphatic rings. The maximum atomic E-state index is 12.7. The first kappa shape index (κ1) is 62.6. The van der Waals surface area contributed by atoms with Crippen molar-refractivity contribution in [2.75, 3.05) is 37.8 Å². The first-order valence-corrected chi connectivity index (χ1v) is 28.6. The van der Waals surface area contributed by atoms with Crippen LogP contribution < -0.4 is 35.9 Å². The molecule has 2 fully saturated rings. The number of anilines is 1. The number of phosphoric acid groups is 3. The van der Waals surface area contributed by atoms with Gasteiger partial charge in [-0.2, -0.15) is 0 Å². The molecule has 2 unspecified atom stereocenters. The lowest BCUT2D eigenvalue weighted by Gasteiger charge is -2.36. The summed E-state index contributed by atoms with van der Waals surface area (Å²) in [5.41, 5.74) is 4.02. The molecule has 0 spiro atoms. The summed E-state index contributed by atoms with van der Waals surface area (Å²) in [6.07, 6.45) is -4.33. The number of ether oxygens (including phenoxy) is 3. The number of ketones is 1. The highest BCUT2D eigenvalue weighted by molar-refractivity contribution is 8.13. The fourth-order valence-electron chi connectivity index (χ4n) is 7.40. The summed E-state index contributed by atoms with van der Waals surface area (Å²) < 4.78 is 72.2. The Balaban J connectivity index is 1.06. The van der Waals surface area contributed by atoms with Crippen LogP contribution in [0.4, 0.5) is 5.82 Å². The second-order valence-electron chi connectivity index (χ2n) is 18.1. The molecule has 0 bridgehead atoms. The van der Waals surface area contributed by atoms with Crippen molar-refractivity contribution < 1.29 is 105 Å². The Morgan fingerprint density at radius 2 is 1.60 bits per heavy atom. The maximum Gasteiger partial charge on any atom is 0.274 e. The van der Waals surface area contributed by atoms with Gasteiger partial charge in [-0.3, -0.25) is 32.9 Å². The summed E-state index contributed by atoms with van der Waals surface area (Å²) >= 11 is 0.889. The number of hydrogen-bond donors (Lipinski definition) is 7. The molecule has 2 saturated heterocycles. The highest BCUT2D eigenvalue weighted by atomic mass is 32.2. The van der Waals surface area contributed by atoms with E-state index in [0.717, 1.165) is 67.5 Å². The molecule has 0 aliphatic carbocycles. The van der Waals surface area contributed by atoms with E-state index in [9.17, 15) is 72.9 Å². The summed E-state index contributed by atoms with van der Waals surface area (Å²) in [6.45, 7) is 3.48. The van der Waals surface area contributed by atoms with E-state index in [2.05, 4.69) is 43.5 Å². The number of nitrogens with two attached hydrogens (primary N) is 1. The van der Waals surface area contributed by atoms with Crippen LogP contribution in [0.25, 0.3) is 11.2 Å². The van der Waals surface area contributed by atoms with Gasteiger partial charge < -0.3 is 88.7 Å². The summed E-state index contributed by atoms with van der Waals surface area (Å²) in [6, 6.07) is 0. The average molecular weight is 1120 g/mol. The maximum absolute atomic E-state index is 12.7. The molecular weight excluding hydrogens is 1060 g/mol. The number of fused-ring (bicyclic) bond motifs is 1. The molecule has 416 valence electrons.